The minimum atomic E-state index is -1.16. The van der Waals surface area contributed by atoms with Crippen LogP contribution in [0.25, 0.3) is 0 Å². The third-order valence-electron chi connectivity index (χ3n) is 3.23. The highest BCUT2D eigenvalue weighted by Crippen LogP contribution is 2.21. The highest BCUT2D eigenvalue weighted by atomic mass is 32.2. The van der Waals surface area contributed by atoms with E-state index in [9.17, 15) is 14.4 Å². The molecule has 0 aromatic rings. The smallest absolute Gasteiger partial charge is 0.326 e. The summed E-state index contributed by atoms with van der Waals surface area (Å²) in [6, 6.07) is -1.37. The second kappa shape index (κ2) is 7.98. The van der Waals surface area contributed by atoms with Crippen LogP contribution in [0.5, 0.6) is 0 Å². The number of ether oxygens (including phenoxy) is 1. The van der Waals surface area contributed by atoms with Crippen LogP contribution in [0.4, 0.5) is 4.79 Å². The van der Waals surface area contributed by atoms with Crippen LogP contribution in [0.1, 0.15) is 19.3 Å². The Kier molecular flexibility index (Phi) is 6.63. The molecular formula is C12H20N2O5S. The van der Waals surface area contributed by atoms with Crippen LogP contribution in [-0.2, 0) is 14.3 Å². The first-order chi connectivity index (χ1) is 9.45. The molecule has 1 saturated heterocycles. The van der Waals surface area contributed by atoms with Gasteiger partial charge in [0.15, 0.2) is 0 Å². The number of carboxylic acids is 1. The average Bonchev–Trinajstić information content (AvgIpc) is 2.95. The van der Waals surface area contributed by atoms with Gasteiger partial charge in [0.05, 0.1) is 7.11 Å². The van der Waals surface area contributed by atoms with Gasteiger partial charge in [0, 0.05) is 25.3 Å². The van der Waals surface area contributed by atoms with Crippen molar-refractivity contribution in [1.82, 2.24) is 10.2 Å². The van der Waals surface area contributed by atoms with E-state index in [-0.39, 0.29) is 18.9 Å². The van der Waals surface area contributed by atoms with E-state index in [0.717, 1.165) is 17.9 Å². The van der Waals surface area contributed by atoms with E-state index >= 15 is 0 Å². The topological polar surface area (TPSA) is 95.9 Å². The van der Waals surface area contributed by atoms with Crippen LogP contribution in [0.3, 0.4) is 0 Å². The Balaban J connectivity index is 2.49. The van der Waals surface area contributed by atoms with E-state index in [1.807, 2.05) is 0 Å². The average molecular weight is 304 g/mol. The van der Waals surface area contributed by atoms with Crippen molar-refractivity contribution in [3.63, 3.8) is 0 Å². The molecule has 0 radical (unpaired) electrons. The summed E-state index contributed by atoms with van der Waals surface area (Å²) in [5.74, 6) is 0.221. The van der Waals surface area contributed by atoms with Gasteiger partial charge in [-0.2, -0.15) is 11.8 Å². The van der Waals surface area contributed by atoms with Crippen molar-refractivity contribution in [1.29, 1.82) is 0 Å². The maximum absolute atomic E-state index is 12.0. The zero-order chi connectivity index (χ0) is 15.1. The molecule has 114 valence electrons. The Morgan fingerprint density at radius 2 is 2.20 bits per heavy atom. The number of hydrogen-bond donors (Lipinski definition) is 2. The molecule has 2 N–H and O–H groups in total. The van der Waals surface area contributed by atoms with Gasteiger partial charge in [0.25, 0.3) is 0 Å². The molecule has 0 aliphatic carbocycles. The molecule has 0 aromatic heterocycles. The largest absolute Gasteiger partial charge is 0.480 e. The number of esters is 1. The number of thioether (sulfide) groups is 1. The number of carboxylic acid groups (broad SMARTS) is 1. The molecular weight excluding hydrogens is 284 g/mol. The van der Waals surface area contributed by atoms with Crippen molar-refractivity contribution >= 4 is 29.7 Å². The summed E-state index contributed by atoms with van der Waals surface area (Å²) >= 11 is 1.77. The summed E-state index contributed by atoms with van der Waals surface area (Å²) in [5, 5.41) is 11.5. The number of carbonyl (C=O) groups is 3. The maximum Gasteiger partial charge on any atom is 0.326 e. The first kappa shape index (κ1) is 16.6. The number of methoxy groups -OCH3 is 1. The molecule has 1 heterocycles. The number of nitrogens with one attached hydrogen (secondary N) is 1. The van der Waals surface area contributed by atoms with Crippen LogP contribution < -0.4 is 5.32 Å². The molecule has 1 fully saturated rings. The van der Waals surface area contributed by atoms with E-state index in [2.05, 4.69) is 10.1 Å². The minimum absolute atomic E-state index is 0.0149. The first-order valence-corrected chi connectivity index (χ1v) is 7.52. The Morgan fingerprint density at radius 1 is 1.50 bits per heavy atom. The number of amides is 2. The Labute approximate surface area is 122 Å². The SMILES string of the molecule is COC(=O)CC[C@H](NC(=O)N(C)C1CCSC1)C(=O)O. The lowest BCUT2D eigenvalue weighted by Gasteiger charge is -2.26. The van der Waals surface area contributed by atoms with Crippen molar-refractivity contribution in [2.24, 2.45) is 0 Å². The Bertz CT molecular complexity index is 371. The predicted octanol–water partition coefficient (Wildman–Crippen LogP) is 0.540. The molecule has 1 unspecified atom stereocenters. The molecule has 2 atom stereocenters. The van der Waals surface area contributed by atoms with E-state index in [1.54, 1.807) is 18.8 Å². The molecule has 0 aromatic carbocycles. The second-order valence-corrected chi connectivity index (χ2v) is 5.73. The van der Waals surface area contributed by atoms with Crippen LogP contribution in [0.15, 0.2) is 0 Å². The molecule has 0 saturated carbocycles. The first-order valence-electron chi connectivity index (χ1n) is 6.36. The quantitative estimate of drug-likeness (QED) is 0.695. The molecule has 1 aliphatic heterocycles. The number of aliphatic carboxylic acids is 1. The van der Waals surface area contributed by atoms with Gasteiger partial charge in [-0.25, -0.2) is 9.59 Å². The highest BCUT2D eigenvalue weighted by molar-refractivity contribution is 7.99. The van der Waals surface area contributed by atoms with Crippen LogP contribution in [0, 0.1) is 0 Å². The lowest BCUT2D eigenvalue weighted by Crippen LogP contribution is -2.50. The summed E-state index contributed by atoms with van der Waals surface area (Å²) in [5.41, 5.74) is 0. The monoisotopic (exact) mass is 304 g/mol. The summed E-state index contributed by atoms with van der Waals surface area (Å²) < 4.78 is 4.46. The zero-order valence-electron chi connectivity index (χ0n) is 11.6. The van der Waals surface area contributed by atoms with Crippen molar-refractivity contribution in [3.05, 3.63) is 0 Å². The molecule has 0 bridgehead atoms. The molecule has 0 spiro atoms. The standard InChI is InChI=1S/C12H20N2O5S/c1-14(8-5-6-20-7-8)12(18)13-9(11(16)17)3-4-10(15)19-2/h8-9H,3-7H2,1-2H3,(H,13,18)(H,16,17)/t8?,9-/m0/s1. The fourth-order valence-corrected chi connectivity index (χ4v) is 3.13. The van der Waals surface area contributed by atoms with E-state index in [0.29, 0.717) is 0 Å². The molecule has 8 heteroatoms. The van der Waals surface area contributed by atoms with Gasteiger partial charge in [0.2, 0.25) is 0 Å². The van der Waals surface area contributed by atoms with E-state index in [1.165, 1.54) is 12.0 Å². The number of nitrogens with zero attached hydrogens (tertiary/aromatic N) is 1. The summed E-state index contributed by atoms with van der Waals surface area (Å²) in [6.07, 6.45) is 0.881. The molecule has 2 amide bonds. The third kappa shape index (κ3) is 4.92. The lowest BCUT2D eigenvalue weighted by molar-refractivity contribution is -0.142. The van der Waals surface area contributed by atoms with Crippen molar-refractivity contribution in [2.75, 3.05) is 25.7 Å². The number of hydrogen-bond acceptors (Lipinski definition) is 5. The van der Waals surface area contributed by atoms with Crippen molar-refractivity contribution in [2.45, 2.75) is 31.3 Å². The predicted molar refractivity (Wildman–Crippen MR) is 74.7 cm³/mol. The normalized spacial score (nSPS) is 19.2. The number of urea groups is 1. The fraction of sp³-hybridized carbons (Fsp3) is 0.750. The van der Waals surface area contributed by atoms with E-state index in [4.69, 9.17) is 5.11 Å². The van der Waals surface area contributed by atoms with Gasteiger partial charge in [-0.05, 0) is 18.6 Å². The minimum Gasteiger partial charge on any atom is -0.480 e. The highest BCUT2D eigenvalue weighted by Gasteiger charge is 2.27. The second-order valence-electron chi connectivity index (χ2n) is 4.58. The Hall–Kier alpha value is -1.44. The summed E-state index contributed by atoms with van der Waals surface area (Å²) in [7, 11) is 2.90. The van der Waals surface area contributed by atoms with Gasteiger partial charge in [-0.15, -0.1) is 0 Å². The molecule has 20 heavy (non-hydrogen) atoms. The summed E-state index contributed by atoms with van der Waals surface area (Å²) in [4.78, 5) is 35.6. The molecule has 1 rings (SSSR count). The van der Waals surface area contributed by atoms with Gasteiger partial charge in [-0.1, -0.05) is 0 Å². The van der Waals surface area contributed by atoms with Gasteiger partial charge in [-0.3, -0.25) is 4.79 Å². The van der Waals surface area contributed by atoms with Crippen LogP contribution >= 0.6 is 11.8 Å². The fourth-order valence-electron chi connectivity index (χ4n) is 1.87. The molecule has 1 aliphatic rings. The van der Waals surface area contributed by atoms with E-state index < -0.39 is 24.0 Å². The Morgan fingerprint density at radius 3 is 2.70 bits per heavy atom. The number of carbonyl (C=O) groups excluding carboxylic acids is 2. The van der Waals surface area contributed by atoms with Gasteiger partial charge in [0.1, 0.15) is 6.04 Å². The maximum atomic E-state index is 12.0. The van der Waals surface area contributed by atoms with Crippen molar-refractivity contribution < 1.29 is 24.2 Å². The van der Waals surface area contributed by atoms with Crippen LogP contribution in [-0.4, -0.2) is 65.7 Å². The summed E-state index contributed by atoms with van der Waals surface area (Å²) in [6.45, 7) is 0. The van der Waals surface area contributed by atoms with Crippen LogP contribution in [0.2, 0.25) is 0 Å². The van der Waals surface area contributed by atoms with Gasteiger partial charge < -0.3 is 20.1 Å². The molecule has 7 nitrogen and oxygen atoms in total. The van der Waals surface area contributed by atoms with Crippen molar-refractivity contribution in [3.8, 4) is 0 Å². The lowest BCUT2D eigenvalue weighted by atomic mass is 10.1. The zero-order valence-corrected chi connectivity index (χ0v) is 12.4. The number of rotatable bonds is 6. The third-order valence-corrected chi connectivity index (χ3v) is 4.38. The van der Waals surface area contributed by atoms with Gasteiger partial charge >= 0.3 is 18.0 Å².